The summed E-state index contributed by atoms with van der Waals surface area (Å²) in [6.45, 7) is 2.62. The van der Waals surface area contributed by atoms with E-state index < -0.39 is 18.4 Å². The van der Waals surface area contributed by atoms with Crippen LogP contribution in [0.2, 0.25) is 0 Å². The second-order valence-corrected chi connectivity index (χ2v) is 19.8. The van der Waals surface area contributed by atoms with Crippen LogP contribution in [0.4, 0.5) is 0 Å². The number of nitrogens with zero attached hydrogens (tertiary/aromatic N) is 1. The Bertz CT molecular complexity index is 967. The molecule has 2 unspecified atom stereocenters. The second kappa shape index (κ2) is 47.5. The van der Waals surface area contributed by atoms with Crippen LogP contribution in [0.25, 0.3) is 0 Å². The number of carbonyl (C=O) groups is 2. The molecule has 2 atom stereocenters. The summed E-state index contributed by atoms with van der Waals surface area (Å²) in [7, 11) is 5.93. The lowest BCUT2D eigenvalue weighted by molar-refractivity contribution is -0.870. The highest BCUT2D eigenvalue weighted by Crippen LogP contribution is 2.17. The smallest absolute Gasteiger partial charge is 0.361 e. The zero-order valence-corrected chi connectivity index (χ0v) is 41.8. The van der Waals surface area contributed by atoms with E-state index in [1.54, 1.807) is 0 Å². The van der Waals surface area contributed by atoms with Gasteiger partial charge in [0.2, 0.25) is 0 Å². The topological polar surface area (TPSA) is 102 Å². The van der Waals surface area contributed by atoms with E-state index in [1.807, 2.05) is 21.1 Å². The van der Waals surface area contributed by atoms with Gasteiger partial charge in [-0.15, -0.1) is 0 Å². The number of esters is 1. The van der Waals surface area contributed by atoms with Crippen molar-refractivity contribution in [2.45, 2.75) is 276 Å². The van der Waals surface area contributed by atoms with Gasteiger partial charge in [0.25, 0.3) is 6.29 Å². The van der Waals surface area contributed by atoms with Crippen LogP contribution < -0.4 is 0 Å². The molecule has 0 bridgehead atoms. The lowest BCUT2D eigenvalue weighted by atomic mass is 10.0. The lowest BCUT2D eigenvalue weighted by Crippen LogP contribution is -2.40. The first-order valence-electron chi connectivity index (χ1n) is 26.9. The Balaban J connectivity index is 3.29. The van der Waals surface area contributed by atoms with E-state index in [-0.39, 0.29) is 25.8 Å². The van der Waals surface area contributed by atoms with Gasteiger partial charge in [-0.2, -0.15) is 0 Å². The predicted octanol–water partition coefficient (Wildman–Crippen LogP) is 15.2. The maximum atomic E-state index is 12.0. The number of carboxylic acids is 1. The van der Waals surface area contributed by atoms with Crippen LogP contribution in [-0.4, -0.2) is 86.5 Å². The average molecular weight is 881 g/mol. The monoisotopic (exact) mass is 881 g/mol. The number of rotatable bonds is 51. The molecule has 0 aliphatic rings. The van der Waals surface area contributed by atoms with Crippen LogP contribution >= 0.6 is 0 Å². The molecule has 0 saturated heterocycles. The quantitative estimate of drug-likeness (QED) is 0.0206. The number of aliphatic hydroxyl groups is 1. The van der Waals surface area contributed by atoms with Crippen LogP contribution in [0.5, 0.6) is 0 Å². The highest BCUT2D eigenvalue weighted by molar-refractivity contribution is 5.70. The second-order valence-electron chi connectivity index (χ2n) is 19.8. The van der Waals surface area contributed by atoms with Crippen molar-refractivity contribution in [2.24, 2.45) is 0 Å². The van der Waals surface area contributed by atoms with Crippen molar-refractivity contribution in [3.63, 3.8) is 0 Å². The van der Waals surface area contributed by atoms with Crippen LogP contribution in [0, 0.1) is 0 Å². The fourth-order valence-corrected chi connectivity index (χ4v) is 8.07. The third-order valence-corrected chi connectivity index (χ3v) is 12.3. The Kier molecular flexibility index (Phi) is 46.3. The molecule has 0 spiro atoms. The van der Waals surface area contributed by atoms with Gasteiger partial charge in [-0.3, -0.25) is 4.79 Å². The molecule has 0 radical (unpaired) electrons. The average Bonchev–Trinajstić information content (AvgIpc) is 3.24. The molecule has 368 valence electrons. The summed E-state index contributed by atoms with van der Waals surface area (Å²) in [5.74, 6) is -1.60. The number of aliphatic hydroxyl groups excluding tert-OH is 1. The molecule has 0 aliphatic carbocycles. The number of likely N-dealkylation sites (N-methyl/N-ethyl adjacent to an activating group) is 1. The summed E-state index contributed by atoms with van der Waals surface area (Å²) in [4.78, 5) is 23.4. The molecule has 8 nitrogen and oxygen atoms in total. The maximum absolute atomic E-state index is 12.0. The van der Waals surface area contributed by atoms with Crippen molar-refractivity contribution >= 4 is 11.9 Å². The molecule has 62 heavy (non-hydrogen) atoms. The van der Waals surface area contributed by atoms with Crippen LogP contribution in [-0.2, 0) is 23.8 Å². The van der Waals surface area contributed by atoms with E-state index in [0.717, 1.165) is 19.3 Å². The van der Waals surface area contributed by atoms with Gasteiger partial charge < -0.3 is 28.9 Å². The van der Waals surface area contributed by atoms with E-state index >= 15 is 0 Å². The first kappa shape index (κ1) is 60.5. The molecule has 0 fully saturated rings. The number of unbranched alkanes of at least 4 members (excludes halogenated alkanes) is 37. The Hall–Kier alpha value is -1.48. The van der Waals surface area contributed by atoms with Crippen molar-refractivity contribution in [2.75, 3.05) is 47.5 Å². The third kappa shape index (κ3) is 49.5. The normalized spacial score (nSPS) is 13.0. The molecule has 0 rings (SSSR count). The molecule has 2 N–H and O–H groups in total. The number of carboxylic acid groups (broad SMARTS) is 1. The van der Waals surface area contributed by atoms with Crippen LogP contribution in [0.1, 0.15) is 264 Å². The summed E-state index contributed by atoms with van der Waals surface area (Å²) in [5.41, 5.74) is 0. The summed E-state index contributed by atoms with van der Waals surface area (Å²) in [6, 6.07) is 0. The number of ether oxygens (including phenoxy) is 3. The summed E-state index contributed by atoms with van der Waals surface area (Å²) in [6.07, 6.45) is 56.2. The lowest BCUT2D eigenvalue weighted by Gasteiger charge is -2.24. The molecule has 0 saturated carbocycles. The minimum Gasteiger partial charge on any atom is -0.477 e. The van der Waals surface area contributed by atoms with E-state index in [2.05, 4.69) is 19.1 Å². The number of allylic oxidation sites excluding steroid dienone is 2. The summed E-state index contributed by atoms with van der Waals surface area (Å²) >= 11 is 0. The predicted molar refractivity (Wildman–Crippen MR) is 263 cm³/mol. The van der Waals surface area contributed by atoms with Crippen molar-refractivity contribution < 1.29 is 38.5 Å². The van der Waals surface area contributed by atoms with Gasteiger partial charge in [0, 0.05) is 6.42 Å². The molecule has 0 heterocycles. The Morgan fingerprint density at radius 3 is 1.11 bits per heavy atom. The van der Waals surface area contributed by atoms with E-state index in [1.165, 1.54) is 231 Å². The van der Waals surface area contributed by atoms with Crippen molar-refractivity contribution in [1.82, 2.24) is 0 Å². The highest BCUT2D eigenvalue weighted by Gasteiger charge is 2.22. The SMILES string of the molecule is CCCCCCCCCC/C=C\CCCCCCCCCCCCCCCCCCCCCCCCCCCCCCCC(=O)OCC(O)COC(OCC[N+](C)(C)C)C(=O)O. The van der Waals surface area contributed by atoms with Crippen LogP contribution in [0.15, 0.2) is 12.2 Å². The van der Waals surface area contributed by atoms with Gasteiger partial charge in [0.05, 0.1) is 34.4 Å². The van der Waals surface area contributed by atoms with Crippen molar-refractivity contribution in [3.05, 3.63) is 12.2 Å². The fraction of sp³-hybridized carbons (Fsp3) is 0.926. The van der Waals surface area contributed by atoms with Gasteiger partial charge in [0.1, 0.15) is 19.3 Å². The number of hydrogen-bond acceptors (Lipinski definition) is 6. The van der Waals surface area contributed by atoms with Gasteiger partial charge in [0.15, 0.2) is 0 Å². The summed E-state index contributed by atoms with van der Waals surface area (Å²) < 4.78 is 16.2. The largest absolute Gasteiger partial charge is 0.477 e. The van der Waals surface area contributed by atoms with Gasteiger partial charge in [-0.1, -0.05) is 237 Å². The molecule has 0 aromatic heterocycles. The molecule has 0 aliphatic heterocycles. The standard InChI is InChI=1S/C54H105NO7/c1-5-6-7-8-9-10-11-12-13-14-15-16-17-18-19-20-21-22-23-24-25-26-27-28-29-30-31-32-33-34-35-36-37-38-39-40-41-42-43-44-45-46-52(57)61-49-51(56)50-62-54(53(58)59)60-48-47-55(2,3)4/h14-15,51,54,56H,5-13,16-50H2,1-4H3/p+1/b15-14-. The van der Waals surface area contributed by atoms with Crippen LogP contribution in [0.3, 0.4) is 0 Å². The first-order valence-corrected chi connectivity index (χ1v) is 26.9. The molecular weight excluding hydrogens is 775 g/mol. The number of aliphatic carboxylic acids is 1. The molecule has 0 amide bonds. The zero-order chi connectivity index (χ0) is 45.5. The van der Waals surface area contributed by atoms with E-state index in [9.17, 15) is 19.8 Å². The highest BCUT2D eigenvalue weighted by atomic mass is 16.7. The Morgan fingerprint density at radius 1 is 0.468 bits per heavy atom. The fourth-order valence-electron chi connectivity index (χ4n) is 8.07. The van der Waals surface area contributed by atoms with E-state index in [0.29, 0.717) is 17.4 Å². The molecular formula is C54H106NO7+. The number of hydrogen-bond donors (Lipinski definition) is 2. The minimum absolute atomic E-state index is 0.213. The van der Waals surface area contributed by atoms with Crippen molar-refractivity contribution in [3.8, 4) is 0 Å². The number of quaternary nitrogens is 1. The molecule has 0 aromatic carbocycles. The number of carbonyl (C=O) groups excluding carboxylic acids is 1. The first-order chi connectivity index (χ1) is 30.2. The zero-order valence-electron chi connectivity index (χ0n) is 41.8. The van der Waals surface area contributed by atoms with Crippen molar-refractivity contribution in [1.29, 1.82) is 0 Å². The van der Waals surface area contributed by atoms with E-state index in [4.69, 9.17) is 14.2 Å². The Labute approximate surface area is 385 Å². The summed E-state index contributed by atoms with van der Waals surface area (Å²) in [5, 5.41) is 19.3. The van der Waals surface area contributed by atoms with Gasteiger partial charge in [-0.25, -0.2) is 4.79 Å². The third-order valence-electron chi connectivity index (χ3n) is 12.3. The maximum Gasteiger partial charge on any atom is 0.361 e. The molecule has 0 aromatic rings. The Morgan fingerprint density at radius 2 is 0.790 bits per heavy atom. The van der Waals surface area contributed by atoms with Gasteiger partial charge >= 0.3 is 11.9 Å². The molecule has 8 heteroatoms. The minimum atomic E-state index is -1.46. The van der Waals surface area contributed by atoms with Gasteiger partial charge in [-0.05, 0) is 32.1 Å².